The number of aliphatic hydroxyl groups excluding tert-OH is 1. The van der Waals surface area contributed by atoms with Crippen LogP contribution in [0, 0.1) is 0 Å². The number of hydrogen-bond acceptors (Lipinski definition) is 15. The van der Waals surface area contributed by atoms with E-state index in [2.05, 4.69) is 149 Å². The number of unbranched alkanes of at least 4 members (excludes halogenated alkanes) is 29. The van der Waals surface area contributed by atoms with Crippen molar-refractivity contribution >= 4 is 39.5 Å². The molecule has 3 N–H and O–H groups in total. The number of aliphatic hydroxyl groups is 1. The molecule has 0 saturated carbocycles. The van der Waals surface area contributed by atoms with Crippen LogP contribution >= 0.6 is 15.6 Å². The Morgan fingerprint density at radius 1 is 0.274 bits per heavy atom. The summed E-state index contributed by atoms with van der Waals surface area (Å²) >= 11 is 0. The number of hydrogen-bond donors (Lipinski definition) is 3. The number of carbonyl (C=O) groups excluding carboxylic acids is 4. The molecule has 17 nitrogen and oxygen atoms in total. The third-order valence-electron chi connectivity index (χ3n) is 17.1. The van der Waals surface area contributed by atoms with Crippen LogP contribution in [0.1, 0.15) is 336 Å². The first-order chi connectivity index (χ1) is 51.7. The number of phosphoric ester groups is 2. The summed E-state index contributed by atoms with van der Waals surface area (Å²) in [4.78, 5) is 73.1. The molecule has 0 saturated heterocycles. The Bertz CT molecular complexity index is 2530. The van der Waals surface area contributed by atoms with Gasteiger partial charge in [-0.2, -0.15) is 0 Å². The van der Waals surface area contributed by atoms with Crippen LogP contribution in [0.25, 0.3) is 0 Å². The quantitative estimate of drug-likeness (QED) is 0.0169. The normalized spacial score (nSPS) is 14.5. The molecule has 0 bridgehead atoms. The largest absolute Gasteiger partial charge is 0.472 e. The van der Waals surface area contributed by atoms with E-state index in [1.54, 1.807) is 0 Å². The summed E-state index contributed by atoms with van der Waals surface area (Å²) in [5.74, 6) is -2.26. The summed E-state index contributed by atoms with van der Waals surface area (Å²) in [7, 11) is -9.98. The van der Waals surface area contributed by atoms with Crippen molar-refractivity contribution in [2.24, 2.45) is 0 Å². The second kappa shape index (κ2) is 78.3. The molecule has 0 aromatic rings. The van der Waals surface area contributed by atoms with Gasteiger partial charge in [-0.25, -0.2) is 9.13 Å². The van der Waals surface area contributed by atoms with Crippen molar-refractivity contribution < 1.29 is 80.2 Å². The van der Waals surface area contributed by atoms with Crippen LogP contribution in [-0.4, -0.2) is 96.7 Å². The molecule has 0 aromatic heterocycles. The van der Waals surface area contributed by atoms with Gasteiger partial charge in [0.2, 0.25) is 0 Å². The molecule has 0 aromatic carbocycles. The summed E-state index contributed by atoms with van der Waals surface area (Å²) in [6.45, 7) is 4.63. The summed E-state index contributed by atoms with van der Waals surface area (Å²) in [6, 6.07) is 0. The molecular weight excluding hydrogens is 1380 g/mol. The second-order valence-corrected chi connectivity index (χ2v) is 30.2. The van der Waals surface area contributed by atoms with Gasteiger partial charge in [-0.3, -0.25) is 37.3 Å². The molecule has 0 spiro atoms. The Hall–Kier alpha value is -4.80. The number of rotatable bonds is 77. The van der Waals surface area contributed by atoms with Gasteiger partial charge in [0.05, 0.1) is 26.4 Å². The first-order valence-electron chi connectivity index (χ1n) is 41.4. The van der Waals surface area contributed by atoms with Gasteiger partial charge in [-0.1, -0.05) is 303 Å². The number of allylic oxidation sites excluding steroid dienone is 22. The van der Waals surface area contributed by atoms with Crippen LogP contribution in [0.2, 0.25) is 0 Å². The van der Waals surface area contributed by atoms with Crippen molar-refractivity contribution in [1.82, 2.24) is 0 Å². The average molecular weight is 1530 g/mol. The Morgan fingerprint density at radius 2 is 0.500 bits per heavy atom. The number of carbonyl (C=O) groups is 4. The maximum absolute atomic E-state index is 13.1. The average Bonchev–Trinajstić information content (AvgIpc) is 0.901. The van der Waals surface area contributed by atoms with Crippen molar-refractivity contribution in [3.63, 3.8) is 0 Å². The summed E-state index contributed by atoms with van der Waals surface area (Å²) in [5, 5.41) is 10.7. The molecule has 0 radical (unpaired) electrons. The zero-order chi connectivity index (χ0) is 77.4. The molecule has 608 valence electrons. The molecule has 0 aliphatic carbocycles. The van der Waals surface area contributed by atoms with E-state index in [1.807, 2.05) is 12.2 Å². The fourth-order valence-electron chi connectivity index (χ4n) is 10.8. The van der Waals surface area contributed by atoms with Crippen LogP contribution in [0.4, 0.5) is 0 Å². The second-order valence-electron chi connectivity index (χ2n) is 27.3. The lowest BCUT2D eigenvalue weighted by atomic mass is 10.1. The van der Waals surface area contributed by atoms with Crippen LogP contribution in [0.15, 0.2) is 134 Å². The minimum atomic E-state index is -4.99. The molecule has 0 aliphatic heterocycles. The molecule has 0 amide bonds. The minimum Gasteiger partial charge on any atom is -0.462 e. The first-order valence-corrected chi connectivity index (χ1v) is 44.4. The monoisotopic (exact) mass is 1530 g/mol. The maximum atomic E-state index is 13.1. The predicted octanol–water partition coefficient (Wildman–Crippen LogP) is 24.4. The lowest BCUT2D eigenvalue weighted by Crippen LogP contribution is -2.30. The van der Waals surface area contributed by atoms with Gasteiger partial charge >= 0.3 is 39.5 Å². The first kappa shape index (κ1) is 101. The maximum Gasteiger partial charge on any atom is 0.472 e. The van der Waals surface area contributed by atoms with Gasteiger partial charge in [0.15, 0.2) is 12.2 Å². The standard InChI is InChI=1S/C87H148O17P2/c1-5-9-13-17-21-25-29-32-35-38-40-43-46-49-53-56-60-64-68-72-85(90)98-78-83(104-87(92)74-70-66-62-58-54-50-47-44-41-39-36-33-30-26-22-18-14-10-6-2)80-102-106(95,96)100-76-81(88)75-99-105(93,94)101-79-82(103-86(91)73-69-65-61-57-51-28-24-20-16-12-8-4)77-97-84(89)71-67-63-59-55-52-48-45-42-37-34-31-27-23-19-15-11-7-3/h11,15,21-23,25-27,32-37,40-41,43-45,48,55,59,81-83,88H,5-10,12-14,16-20,24,28-31,38-39,42,46-47,49-54,56-58,60-80H2,1-4H3,(H,93,94)(H,95,96)/b15-11-,25-21-,26-22-,27-23-,35-32-,36-33-,37-34-,43-40-,44-41-,48-45-,59-55-. The van der Waals surface area contributed by atoms with E-state index in [0.717, 1.165) is 173 Å². The highest BCUT2D eigenvalue weighted by Crippen LogP contribution is 2.45. The predicted molar refractivity (Wildman–Crippen MR) is 436 cm³/mol. The molecule has 0 aliphatic rings. The van der Waals surface area contributed by atoms with Crippen LogP contribution < -0.4 is 0 Å². The number of phosphoric acid groups is 2. The molecule has 19 heteroatoms. The summed E-state index contributed by atoms with van der Waals surface area (Å²) in [5.41, 5.74) is 0. The van der Waals surface area contributed by atoms with Crippen molar-refractivity contribution in [2.45, 2.75) is 354 Å². The molecule has 5 atom stereocenters. The Kier molecular flexibility index (Phi) is 74.8. The fourth-order valence-corrected chi connectivity index (χ4v) is 12.4. The smallest absolute Gasteiger partial charge is 0.462 e. The van der Waals surface area contributed by atoms with E-state index >= 15 is 0 Å². The van der Waals surface area contributed by atoms with Crippen molar-refractivity contribution in [2.75, 3.05) is 39.6 Å². The Labute approximate surface area is 644 Å². The Morgan fingerprint density at radius 3 is 0.811 bits per heavy atom. The van der Waals surface area contributed by atoms with Crippen molar-refractivity contribution in [3.8, 4) is 0 Å². The van der Waals surface area contributed by atoms with Crippen molar-refractivity contribution in [3.05, 3.63) is 134 Å². The zero-order valence-corrected chi connectivity index (χ0v) is 68.4. The van der Waals surface area contributed by atoms with E-state index in [1.165, 1.54) is 77.0 Å². The third kappa shape index (κ3) is 77.4. The highest BCUT2D eigenvalue weighted by atomic mass is 31.2. The lowest BCUT2D eigenvalue weighted by Gasteiger charge is -2.21. The summed E-state index contributed by atoms with van der Waals surface area (Å²) in [6.07, 6.45) is 88.6. The SMILES string of the molecule is CC/C=C\C/C=C\C/C=C\C/C=C\C/C=C\CCCC(=O)OCC(COP(=O)(O)OCC(O)COP(=O)(O)OCC(COC(=O)CCCCCCCC/C=C\C/C=C\C/C=C\CCCCC)OC(=O)CCCCCCCC/C=C\C/C=C\C/C=C\CCCCC)OC(=O)CCCCCCCCCCCCC. The molecule has 0 heterocycles. The van der Waals surface area contributed by atoms with Crippen molar-refractivity contribution in [1.29, 1.82) is 0 Å². The van der Waals surface area contributed by atoms with Crippen LogP contribution in [0.3, 0.4) is 0 Å². The topological polar surface area (TPSA) is 237 Å². The van der Waals surface area contributed by atoms with Gasteiger partial charge in [-0.05, 0) is 141 Å². The van der Waals surface area contributed by atoms with Crippen LogP contribution in [0.5, 0.6) is 0 Å². The molecular formula is C87H148O17P2. The molecule has 106 heavy (non-hydrogen) atoms. The molecule has 0 rings (SSSR count). The fraction of sp³-hybridized carbons (Fsp3) is 0.701. The van der Waals surface area contributed by atoms with E-state index < -0.39 is 97.5 Å². The van der Waals surface area contributed by atoms with Gasteiger partial charge in [0, 0.05) is 25.7 Å². The Balaban J connectivity index is 5.40. The highest BCUT2D eigenvalue weighted by molar-refractivity contribution is 7.47. The third-order valence-corrected chi connectivity index (χ3v) is 19.0. The lowest BCUT2D eigenvalue weighted by molar-refractivity contribution is -0.161. The zero-order valence-electron chi connectivity index (χ0n) is 66.6. The van der Waals surface area contributed by atoms with E-state index in [9.17, 15) is 43.2 Å². The van der Waals surface area contributed by atoms with Gasteiger partial charge < -0.3 is 33.8 Å². The van der Waals surface area contributed by atoms with E-state index in [-0.39, 0.29) is 25.7 Å². The molecule has 0 fully saturated rings. The van der Waals surface area contributed by atoms with Gasteiger partial charge in [0.25, 0.3) is 0 Å². The minimum absolute atomic E-state index is 0.0739. The number of ether oxygens (including phenoxy) is 4. The number of esters is 4. The molecule has 5 unspecified atom stereocenters. The van der Waals surface area contributed by atoms with Crippen LogP contribution in [-0.2, 0) is 65.4 Å². The van der Waals surface area contributed by atoms with E-state index in [0.29, 0.717) is 32.1 Å². The summed E-state index contributed by atoms with van der Waals surface area (Å²) < 4.78 is 68.6. The van der Waals surface area contributed by atoms with E-state index in [4.69, 9.17) is 37.0 Å². The van der Waals surface area contributed by atoms with Gasteiger partial charge in [-0.15, -0.1) is 0 Å². The highest BCUT2D eigenvalue weighted by Gasteiger charge is 2.30. The van der Waals surface area contributed by atoms with Gasteiger partial charge in [0.1, 0.15) is 19.3 Å².